The minimum Gasteiger partial charge on any atom is -0.495 e. The SMILES string of the molecule is COc1ccc(C2=CCCC(C)=C2)nc1. The van der Waals surface area contributed by atoms with Crippen LogP contribution in [0.5, 0.6) is 5.75 Å². The highest BCUT2D eigenvalue weighted by Crippen LogP contribution is 2.24. The fourth-order valence-corrected chi connectivity index (χ4v) is 1.70. The van der Waals surface area contributed by atoms with Gasteiger partial charge in [0.2, 0.25) is 0 Å². The molecule has 0 saturated heterocycles. The Morgan fingerprint density at radius 1 is 1.33 bits per heavy atom. The van der Waals surface area contributed by atoms with Gasteiger partial charge in [0.25, 0.3) is 0 Å². The van der Waals surface area contributed by atoms with Crippen LogP contribution in [-0.4, -0.2) is 12.1 Å². The van der Waals surface area contributed by atoms with E-state index in [0.29, 0.717) is 0 Å². The maximum absolute atomic E-state index is 5.08. The molecule has 1 aromatic rings. The lowest BCUT2D eigenvalue weighted by atomic mass is 9.98. The molecule has 0 amide bonds. The molecule has 15 heavy (non-hydrogen) atoms. The first kappa shape index (κ1) is 9.97. The molecule has 0 bridgehead atoms. The molecule has 2 nitrogen and oxygen atoms in total. The lowest BCUT2D eigenvalue weighted by Gasteiger charge is -2.10. The van der Waals surface area contributed by atoms with E-state index in [2.05, 4.69) is 24.1 Å². The highest BCUT2D eigenvalue weighted by molar-refractivity contribution is 5.73. The fourth-order valence-electron chi connectivity index (χ4n) is 1.70. The second kappa shape index (κ2) is 4.30. The highest BCUT2D eigenvalue weighted by Gasteiger charge is 2.05. The molecule has 0 N–H and O–H groups in total. The first-order valence-corrected chi connectivity index (χ1v) is 5.17. The zero-order valence-corrected chi connectivity index (χ0v) is 9.16. The molecule has 1 heterocycles. The van der Waals surface area contributed by atoms with E-state index in [-0.39, 0.29) is 0 Å². The lowest BCUT2D eigenvalue weighted by Crippen LogP contribution is -1.93. The van der Waals surface area contributed by atoms with Gasteiger partial charge in [-0.15, -0.1) is 0 Å². The number of aromatic nitrogens is 1. The van der Waals surface area contributed by atoms with Gasteiger partial charge in [-0.3, -0.25) is 4.98 Å². The van der Waals surface area contributed by atoms with Gasteiger partial charge in [0, 0.05) is 0 Å². The maximum atomic E-state index is 5.08. The maximum Gasteiger partial charge on any atom is 0.137 e. The number of methoxy groups -OCH3 is 1. The van der Waals surface area contributed by atoms with Crippen molar-refractivity contribution < 1.29 is 4.74 Å². The van der Waals surface area contributed by atoms with Crippen LogP contribution < -0.4 is 4.74 Å². The molecule has 2 rings (SSSR count). The van der Waals surface area contributed by atoms with Crippen molar-refractivity contribution in [1.82, 2.24) is 4.98 Å². The Morgan fingerprint density at radius 2 is 2.20 bits per heavy atom. The molecule has 0 spiro atoms. The molecule has 78 valence electrons. The molecule has 0 aromatic carbocycles. The van der Waals surface area contributed by atoms with Crippen LogP contribution in [-0.2, 0) is 0 Å². The summed E-state index contributed by atoms with van der Waals surface area (Å²) >= 11 is 0. The van der Waals surface area contributed by atoms with Crippen molar-refractivity contribution in [3.8, 4) is 5.75 Å². The summed E-state index contributed by atoms with van der Waals surface area (Å²) in [5.74, 6) is 0.802. The third-order valence-electron chi connectivity index (χ3n) is 2.57. The fraction of sp³-hybridized carbons (Fsp3) is 0.308. The molecule has 0 atom stereocenters. The van der Waals surface area contributed by atoms with Crippen LogP contribution in [0.4, 0.5) is 0 Å². The topological polar surface area (TPSA) is 22.1 Å². The first-order chi connectivity index (χ1) is 7.29. The van der Waals surface area contributed by atoms with Crippen molar-refractivity contribution >= 4 is 5.57 Å². The van der Waals surface area contributed by atoms with Gasteiger partial charge in [0.15, 0.2) is 0 Å². The molecule has 1 aliphatic carbocycles. The third-order valence-corrected chi connectivity index (χ3v) is 2.57. The molecule has 0 aliphatic heterocycles. The summed E-state index contributed by atoms with van der Waals surface area (Å²) in [6.45, 7) is 2.16. The Hall–Kier alpha value is -1.57. The largest absolute Gasteiger partial charge is 0.495 e. The molecule has 1 aromatic heterocycles. The van der Waals surface area contributed by atoms with Crippen LogP contribution in [0.25, 0.3) is 5.57 Å². The molecular weight excluding hydrogens is 186 g/mol. The van der Waals surface area contributed by atoms with E-state index in [1.807, 2.05) is 12.1 Å². The van der Waals surface area contributed by atoms with Gasteiger partial charge in [-0.1, -0.05) is 17.7 Å². The van der Waals surface area contributed by atoms with E-state index in [1.165, 1.54) is 17.6 Å². The minimum atomic E-state index is 0.802. The summed E-state index contributed by atoms with van der Waals surface area (Å²) in [6.07, 6.45) is 8.49. The van der Waals surface area contributed by atoms with Crippen molar-refractivity contribution in [3.63, 3.8) is 0 Å². The lowest BCUT2D eigenvalue weighted by molar-refractivity contribution is 0.413. The smallest absolute Gasteiger partial charge is 0.137 e. The molecular formula is C13H15NO. The van der Waals surface area contributed by atoms with E-state index < -0.39 is 0 Å². The van der Waals surface area contributed by atoms with Gasteiger partial charge < -0.3 is 4.74 Å². The van der Waals surface area contributed by atoms with E-state index in [9.17, 15) is 0 Å². The van der Waals surface area contributed by atoms with E-state index in [1.54, 1.807) is 13.3 Å². The van der Waals surface area contributed by atoms with Crippen LogP contribution in [0.1, 0.15) is 25.5 Å². The Balaban J connectivity index is 2.26. The monoisotopic (exact) mass is 201 g/mol. The molecule has 0 fully saturated rings. The number of pyridine rings is 1. The average molecular weight is 201 g/mol. The summed E-state index contributed by atoms with van der Waals surface area (Å²) in [5.41, 5.74) is 3.67. The molecule has 2 heteroatoms. The predicted molar refractivity (Wildman–Crippen MR) is 61.8 cm³/mol. The molecule has 0 saturated carbocycles. The number of allylic oxidation sites excluding steroid dienone is 4. The summed E-state index contributed by atoms with van der Waals surface area (Å²) in [4.78, 5) is 4.37. The summed E-state index contributed by atoms with van der Waals surface area (Å²) in [7, 11) is 1.65. The number of hydrogen-bond acceptors (Lipinski definition) is 2. The quantitative estimate of drug-likeness (QED) is 0.733. The summed E-state index contributed by atoms with van der Waals surface area (Å²) in [5, 5.41) is 0. The zero-order chi connectivity index (χ0) is 10.7. The van der Waals surface area contributed by atoms with Crippen molar-refractivity contribution in [1.29, 1.82) is 0 Å². The van der Waals surface area contributed by atoms with Crippen molar-refractivity contribution in [2.24, 2.45) is 0 Å². The molecule has 0 unspecified atom stereocenters. The van der Waals surface area contributed by atoms with E-state index in [0.717, 1.165) is 17.9 Å². The number of nitrogens with zero attached hydrogens (tertiary/aromatic N) is 1. The van der Waals surface area contributed by atoms with Gasteiger partial charge >= 0.3 is 0 Å². The Morgan fingerprint density at radius 3 is 2.80 bits per heavy atom. The van der Waals surface area contributed by atoms with Crippen LogP contribution in [0.3, 0.4) is 0 Å². The van der Waals surface area contributed by atoms with Crippen LogP contribution in [0, 0.1) is 0 Å². The normalized spacial score (nSPS) is 15.6. The van der Waals surface area contributed by atoms with E-state index in [4.69, 9.17) is 4.74 Å². The van der Waals surface area contributed by atoms with Crippen molar-refractivity contribution in [2.75, 3.05) is 7.11 Å². The van der Waals surface area contributed by atoms with Crippen molar-refractivity contribution in [3.05, 3.63) is 41.7 Å². The highest BCUT2D eigenvalue weighted by atomic mass is 16.5. The second-order valence-corrected chi connectivity index (χ2v) is 3.77. The second-order valence-electron chi connectivity index (χ2n) is 3.77. The van der Waals surface area contributed by atoms with Crippen LogP contribution in [0.2, 0.25) is 0 Å². The number of ether oxygens (including phenoxy) is 1. The third kappa shape index (κ3) is 2.27. The van der Waals surface area contributed by atoms with Crippen LogP contribution in [0.15, 0.2) is 36.1 Å². The Bertz CT molecular complexity index is 401. The Labute approximate surface area is 90.3 Å². The minimum absolute atomic E-state index is 0.802. The van der Waals surface area contributed by atoms with Crippen molar-refractivity contribution in [2.45, 2.75) is 19.8 Å². The number of hydrogen-bond donors (Lipinski definition) is 0. The van der Waals surface area contributed by atoms with E-state index >= 15 is 0 Å². The average Bonchev–Trinajstić information content (AvgIpc) is 2.29. The van der Waals surface area contributed by atoms with Gasteiger partial charge in [0.1, 0.15) is 5.75 Å². The molecule has 1 aliphatic rings. The standard InChI is InChI=1S/C13H15NO/c1-10-4-3-5-11(8-10)13-7-6-12(15-2)9-14-13/h5-9H,3-4H2,1-2H3. The first-order valence-electron chi connectivity index (χ1n) is 5.17. The van der Waals surface area contributed by atoms with Gasteiger partial charge in [0.05, 0.1) is 19.0 Å². The zero-order valence-electron chi connectivity index (χ0n) is 9.16. The summed E-state index contributed by atoms with van der Waals surface area (Å²) < 4.78 is 5.08. The number of rotatable bonds is 2. The van der Waals surface area contributed by atoms with Gasteiger partial charge in [-0.05, 0) is 37.5 Å². The Kier molecular flexibility index (Phi) is 2.86. The predicted octanol–water partition coefficient (Wildman–Crippen LogP) is 3.21. The van der Waals surface area contributed by atoms with Gasteiger partial charge in [-0.25, -0.2) is 0 Å². The molecule has 0 radical (unpaired) electrons. The van der Waals surface area contributed by atoms with Gasteiger partial charge in [-0.2, -0.15) is 0 Å². The van der Waals surface area contributed by atoms with Crippen LogP contribution >= 0.6 is 0 Å². The summed E-state index contributed by atoms with van der Waals surface area (Å²) in [6, 6.07) is 3.95.